The average Bonchev–Trinajstić information content (AvgIpc) is 1.81. The second-order valence-electron chi connectivity index (χ2n) is 1.45. The third-order valence-electron chi connectivity index (χ3n) is 0.642. The quantitative estimate of drug-likeness (QED) is 0.442. The molecule has 0 bridgehead atoms. The van der Waals surface area contributed by atoms with Crippen molar-refractivity contribution in [1.29, 1.82) is 0 Å². The molecule has 0 amide bonds. The number of hydrogen-bond donors (Lipinski definition) is 2. The molecule has 0 rings (SSSR count). The molecule has 6 nitrogen and oxygen atoms in total. The van der Waals surface area contributed by atoms with Crippen molar-refractivity contribution in [1.82, 2.24) is 0 Å². The lowest BCUT2D eigenvalue weighted by Crippen LogP contribution is -2.62. The normalized spacial score (nSPS) is 12.6. The zero-order chi connectivity index (χ0) is 8.20. The summed E-state index contributed by atoms with van der Waals surface area (Å²) in [6.07, 6.45) is -1.36. The number of aliphatic hydroxyl groups excluding tert-OH is 2. The van der Waals surface area contributed by atoms with Crippen molar-refractivity contribution in [2.45, 2.75) is 6.10 Å². The molecule has 0 aromatic heterocycles. The summed E-state index contributed by atoms with van der Waals surface area (Å²) in [6.45, 7) is -1.43. The van der Waals surface area contributed by atoms with Crippen LogP contribution in [0.4, 0.5) is 0 Å². The Kier molecular flexibility index (Phi) is 4.06. The molecule has 0 spiro atoms. The smallest absolute Gasteiger partial charge is 0.259 e. The van der Waals surface area contributed by atoms with Crippen molar-refractivity contribution in [3.8, 4) is 0 Å². The summed E-state index contributed by atoms with van der Waals surface area (Å²) in [4.78, 5) is 0. The lowest BCUT2D eigenvalue weighted by Gasteiger charge is -2.15. The Bertz CT molecular complexity index is 85.5. The molecule has 0 unspecified atom stereocenters. The number of rotatable bonds is 4. The van der Waals surface area contributed by atoms with E-state index >= 15 is 0 Å². The highest BCUT2D eigenvalue weighted by Gasteiger charge is 2.26. The fourth-order valence-electron chi connectivity index (χ4n) is 0.268. The van der Waals surface area contributed by atoms with Crippen LogP contribution in [-0.2, 0) is 4.29 Å². The van der Waals surface area contributed by atoms with Crippen LogP contribution in [0.25, 0.3) is 0 Å². The highest BCUT2D eigenvalue weighted by Crippen LogP contribution is 1.96. The van der Waals surface area contributed by atoms with Gasteiger partial charge in [-0.25, -0.2) is 0 Å². The van der Waals surface area contributed by atoms with E-state index in [1.54, 1.807) is 0 Å². The van der Waals surface area contributed by atoms with Gasteiger partial charge >= 0.3 is 0 Å². The maximum Gasteiger partial charge on any atom is 0.259 e. The molecular formula is C3H7ClO6. The van der Waals surface area contributed by atoms with Gasteiger partial charge in [0.05, 0.1) is 27.7 Å². The summed E-state index contributed by atoms with van der Waals surface area (Å²) in [5, 5.41) is 16.4. The highest BCUT2D eigenvalue weighted by molar-refractivity contribution is 4.46. The van der Waals surface area contributed by atoms with Crippen molar-refractivity contribution in [3.05, 3.63) is 0 Å². The van der Waals surface area contributed by atoms with Gasteiger partial charge in [0.15, 0.2) is 0 Å². The third kappa shape index (κ3) is 4.89. The Morgan fingerprint density at radius 3 is 1.70 bits per heavy atom. The molecule has 0 aliphatic carbocycles. The minimum absolute atomic E-state index is 0.717. The molecule has 2 N–H and O–H groups in total. The van der Waals surface area contributed by atoms with E-state index in [1.165, 1.54) is 0 Å². The summed E-state index contributed by atoms with van der Waals surface area (Å²) in [6, 6.07) is 0. The number of halogens is 1. The van der Waals surface area contributed by atoms with Crippen molar-refractivity contribution in [3.63, 3.8) is 0 Å². The monoisotopic (exact) mass is 174 g/mol. The van der Waals surface area contributed by atoms with E-state index in [0.29, 0.717) is 0 Å². The van der Waals surface area contributed by atoms with Gasteiger partial charge in [0.1, 0.15) is 0 Å². The summed E-state index contributed by atoms with van der Waals surface area (Å²) < 4.78 is 32.8. The molecule has 10 heavy (non-hydrogen) atoms. The molecule has 62 valence electrons. The molecule has 0 heterocycles. The second kappa shape index (κ2) is 4.04. The number of aliphatic hydroxyl groups is 2. The van der Waals surface area contributed by atoms with E-state index in [1.807, 2.05) is 0 Å². The Morgan fingerprint density at radius 1 is 1.20 bits per heavy atom. The van der Waals surface area contributed by atoms with E-state index in [-0.39, 0.29) is 0 Å². The molecule has 0 fully saturated rings. The van der Waals surface area contributed by atoms with Crippen LogP contribution in [0.3, 0.4) is 0 Å². The molecule has 0 aromatic rings. The zero-order valence-corrected chi connectivity index (χ0v) is 5.65. The molecule has 7 heteroatoms. The van der Waals surface area contributed by atoms with Crippen LogP contribution in [0, 0.1) is 10.2 Å². The minimum Gasteiger partial charge on any atom is -0.393 e. The Hall–Kier alpha value is 0.0500. The van der Waals surface area contributed by atoms with Crippen LogP contribution in [0.2, 0.25) is 0 Å². The first-order chi connectivity index (χ1) is 4.49. The molecule has 0 aromatic carbocycles. The fourth-order valence-corrected chi connectivity index (χ4v) is 0.690. The molecule has 0 saturated carbocycles. The van der Waals surface area contributed by atoms with E-state index in [2.05, 4.69) is 4.29 Å². The molecular weight excluding hydrogens is 167 g/mol. The van der Waals surface area contributed by atoms with Crippen LogP contribution in [0.5, 0.6) is 0 Å². The largest absolute Gasteiger partial charge is 0.393 e. The zero-order valence-electron chi connectivity index (χ0n) is 4.90. The summed E-state index contributed by atoms with van der Waals surface area (Å²) >= 11 is 0. The van der Waals surface area contributed by atoms with Crippen LogP contribution in [-0.4, -0.2) is 29.5 Å². The topological polar surface area (TPSA) is 119 Å². The molecule has 0 saturated heterocycles. The van der Waals surface area contributed by atoms with Gasteiger partial charge in [0.25, 0.3) is 6.10 Å². The minimum atomic E-state index is -4.56. The Morgan fingerprint density at radius 2 is 1.60 bits per heavy atom. The first kappa shape index (κ1) is 10.0. The lowest BCUT2D eigenvalue weighted by molar-refractivity contribution is -1.92. The van der Waals surface area contributed by atoms with Gasteiger partial charge in [-0.05, 0) is 0 Å². The van der Waals surface area contributed by atoms with Crippen molar-refractivity contribution >= 4 is 0 Å². The SMILES string of the molecule is [O-][Cl+3]([O-])([O-])OC(CO)CO. The van der Waals surface area contributed by atoms with Crippen molar-refractivity contribution < 1.29 is 38.7 Å². The van der Waals surface area contributed by atoms with Crippen molar-refractivity contribution in [2.24, 2.45) is 0 Å². The molecule has 0 aliphatic rings. The standard InChI is InChI=1S/C3H7ClO6/c5-1-3(2-6)10-4(7,8)9/h3,5-6H,1-2H2. The lowest BCUT2D eigenvalue weighted by atomic mass is 10.4. The van der Waals surface area contributed by atoms with E-state index in [4.69, 9.17) is 10.2 Å². The summed E-state index contributed by atoms with van der Waals surface area (Å²) in [5.41, 5.74) is 0. The molecule has 0 aliphatic heterocycles. The van der Waals surface area contributed by atoms with E-state index in [9.17, 15) is 14.0 Å². The third-order valence-corrected chi connectivity index (χ3v) is 1.11. The molecule has 0 atom stereocenters. The first-order valence-electron chi connectivity index (χ1n) is 2.30. The fraction of sp³-hybridized carbons (Fsp3) is 1.00. The van der Waals surface area contributed by atoms with Crippen LogP contribution < -0.4 is 14.0 Å². The van der Waals surface area contributed by atoms with Crippen molar-refractivity contribution in [2.75, 3.05) is 13.2 Å². The van der Waals surface area contributed by atoms with E-state index in [0.717, 1.165) is 0 Å². The van der Waals surface area contributed by atoms with E-state index < -0.39 is 29.6 Å². The van der Waals surface area contributed by atoms with Gasteiger partial charge in [-0.2, -0.15) is 14.0 Å². The van der Waals surface area contributed by atoms with Gasteiger partial charge in [-0.15, -0.1) is 0 Å². The van der Waals surface area contributed by atoms with Gasteiger partial charge in [-0.3, -0.25) is 0 Å². The predicted octanol–water partition coefficient (Wildman–Crippen LogP) is -4.75. The predicted molar refractivity (Wildman–Crippen MR) is 19.0 cm³/mol. The van der Waals surface area contributed by atoms with Gasteiger partial charge in [-0.1, -0.05) is 0 Å². The Labute approximate surface area is 59.0 Å². The first-order valence-corrected chi connectivity index (χ1v) is 3.54. The summed E-state index contributed by atoms with van der Waals surface area (Å²) in [5.74, 6) is 0. The number of hydrogen-bond acceptors (Lipinski definition) is 6. The van der Waals surface area contributed by atoms with Gasteiger partial charge in [0.2, 0.25) is 0 Å². The van der Waals surface area contributed by atoms with Gasteiger partial charge < -0.3 is 10.2 Å². The molecule has 0 radical (unpaired) electrons. The highest BCUT2D eigenvalue weighted by atomic mass is 35.7. The van der Waals surface area contributed by atoms with Crippen LogP contribution >= 0.6 is 0 Å². The Balaban J connectivity index is 3.63. The average molecular weight is 175 g/mol. The second-order valence-corrected chi connectivity index (χ2v) is 2.39. The van der Waals surface area contributed by atoms with Crippen LogP contribution in [0.1, 0.15) is 0 Å². The van der Waals surface area contributed by atoms with Gasteiger partial charge in [0, 0.05) is 0 Å². The summed E-state index contributed by atoms with van der Waals surface area (Å²) in [7, 11) is -4.56. The maximum atomic E-state index is 9.73. The maximum absolute atomic E-state index is 9.73. The van der Waals surface area contributed by atoms with Crippen LogP contribution in [0.15, 0.2) is 0 Å².